The number of nitrogens with one attached hydrogen (secondary N) is 1. The zero-order valence-electron chi connectivity index (χ0n) is 9.91. The van der Waals surface area contributed by atoms with Crippen LogP contribution in [0.3, 0.4) is 0 Å². The summed E-state index contributed by atoms with van der Waals surface area (Å²) in [6, 6.07) is 4.69. The second-order valence-electron chi connectivity index (χ2n) is 3.78. The maximum atomic E-state index is 13.3. The first kappa shape index (κ1) is 13.4. The Morgan fingerprint density at radius 2 is 2.22 bits per heavy atom. The zero-order chi connectivity index (χ0) is 13.0. The fraction of sp³-hybridized carbons (Fsp3) is 0.333. The quantitative estimate of drug-likeness (QED) is 0.855. The van der Waals surface area contributed by atoms with E-state index in [1.54, 1.807) is 12.1 Å². The average molecular weight is 286 g/mol. The fourth-order valence-corrected chi connectivity index (χ4v) is 2.59. The van der Waals surface area contributed by atoms with Gasteiger partial charge in [0.2, 0.25) is 0 Å². The second-order valence-corrected chi connectivity index (χ2v) is 5.22. The van der Waals surface area contributed by atoms with Gasteiger partial charge in [-0.1, -0.05) is 42.0 Å². The topological polar surface area (TPSA) is 37.8 Å². The number of halogens is 2. The minimum atomic E-state index is -0.435. The van der Waals surface area contributed by atoms with Crippen molar-refractivity contribution >= 4 is 22.9 Å². The van der Waals surface area contributed by atoms with Gasteiger partial charge in [-0.3, -0.25) is 0 Å². The minimum Gasteiger partial charge on any atom is -0.310 e. The molecule has 2 aromatic rings. The standard InChI is InChI=1S/C12H13ClFN3S/c1-2-6-15-7-10-16-17-12(18-10)8-4-3-5-9(14)11(8)13/h3-5,15H,2,6-7H2,1H3. The third-order valence-electron chi connectivity index (χ3n) is 2.35. The largest absolute Gasteiger partial charge is 0.310 e. The van der Waals surface area contributed by atoms with E-state index in [1.807, 2.05) is 0 Å². The van der Waals surface area contributed by atoms with E-state index in [9.17, 15) is 4.39 Å². The number of aromatic nitrogens is 2. The summed E-state index contributed by atoms with van der Waals surface area (Å²) >= 11 is 7.34. The highest BCUT2D eigenvalue weighted by molar-refractivity contribution is 7.14. The molecule has 1 aromatic carbocycles. The molecule has 0 spiro atoms. The van der Waals surface area contributed by atoms with Crippen LogP contribution in [0.4, 0.5) is 4.39 Å². The lowest BCUT2D eigenvalue weighted by Crippen LogP contribution is -2.13. The Morgan fingerprint density at radius 3 is 3.00 bits per heavy atom. The van der Waals surface area contributed by atoms with E-state index in [-0.39, 0.29) is 5.02 Å². The van der Waals surface area contributed by atoms with E-state index >= 15 is 0 Å². The third kappa shape index (κ3) is 3.04. The summed E-state index contributed by atoms with van der Waals surface area (Å²) in [6.45, 7) is 3.72. The van der Waals surface area contributed by atoms with Crippen molar-refractivity contribution in [2.45, 2.75) is 19.9 Å². The predicted octanol–water partition coefficient (Wildman–Crippen LogP) is 3.50. The molecule has 0 fully saturated rings. The lowest BCUT2D eigenvalue weighted by atomic mass is 10.2. The Bertz CT molecular complexity index is 530. The molecule has 0 amide bonds. The van der Waals surface area contributed by atoms with Crippen molar-refractivity contribution < 1.29 is 4.39 Å². The first-order valence-corrected chi connectivity index (χ1v) is 6.89. The molecule has 3 nitrogen and oxygen atoms in total. The van der Waals surface area contributed by atoms with Gasteiger partial charge in [0.1, 0.15) is 15.8 Å². The van der Waals surface area contributed by atoms with Crippen LogP contribution >= 0.6 is 22.9 Å². The molecule has 0 aliphatic carbocycles. The van der Waals surface area contributed by atoms with Gasteiger partial charge < -0.3 is 5.32 Å². The van der Waals surface area contributed by atoms with Crippen LogP contribution in [0, 0.1) is 5.82 Å². The van der Waals surface area contributed by atoms with Crippen LogP contribution in [0.15, 0.2) is 18.2 Å². The molecule has 18 heavy (non-hydrogen) atoms. The number of hydrogen-bond acceptors (Lipinski definition) is 4. The maximum Gasteiger partial charge on any atom is 0.149 e. The van der Waals surface area contributed by atoms with Crippen molar-refractivity contribution in [1.29, 1.82) is 0 Å². The molecule has 1 N–H and O–H groups in total. The smallest absolute Gasteiger partial charge is 0.149 e. The molecule has 1 aromatic heterocycles. The van der Waals surface area contributed by atoms with Gasteiger partial charge in [-0.05, 0) is 19.0 Å². The van der Waals surface area contributed by atoms with E-state index in [2.05, 4.69) is 22.4 Å². The van der Waals surface area contributed by atoms with E-state index in [1.165, 1.54) is 17.4 Å². The van der Waals surface area contributed by atoms with Gasteiger partial charge in [-0.25, -0.2) is 4.39 Å². The summed E-state index contributed by atoms with van der Waals surface area (Å²) in [6.07, 6.45) is 1.07. The molecule has 0 atom stereocenters. The third-order valence-corrected chi connectivity index (χ3v) is 3.69. The second kappa shape index (κ2) is 6.22. The van der Waals surface area contributed by atoms with Crippen molar-refractivity contribution in [3.63, 3.8) is 0 Å². The molecule has 0 aliphatic rings. The van der Waals surface area contributed by atoms with Crippen LogP contribution < -0.4 is 5.32 Å². The highest BCUT2D eigenvalue weighted by atomic mass is 35.5. The lowest BCUT2D eigenvalue weighted by Gasteiger charge is -1.99. The van der Waals surface area contributed by atoms with Gasteiger partial charge >= 0.3 is 0 Å². The SMILES string of the molecule is CCCNCc1nnc(-c2cccc(F)c2Cl)s1. The van der Waals surface area contributed by atoms with Gasteiger partial charge in [0.05, 0.1) is 5.02 Å². The molecule has 0 aliphatic heterocycles. The van der Waals surface area contributed by atoms with Crippen molar-refractivity contribution in [2.24, 2.45) is 0 Å². The summed E-state index contributed by atoms with van der Waals surface area (Å²) < 4.78 is 13.3. The summed E-state index contributed by atoms with van der Waals surface area (Å²) in [7, 11) is 0. The Balaban J connectivity index is 2.16. The Kier molecular flexibility index (Phi) is 4.63. The van der Waals surface area contributed by atoms with Gasteiger partial charge in [-0.2, -0.15) is 0 Å². The lowest BCUT2D eigenvalue weighted by molar-refractivity contribution is 0.628. The molecule has 6 heteroatoms. The van der Waals surface area contributed by atoms with Gasteiger partial charge in [0.15, 0.2) is 0 Å². The predicted molar refractivity (Wildman–Crippen MR) is 72.3 cm³/mol. The molecule has 0 bridgehead atoms. The molecule has 0 saturated heterocycles. The number of nitrogens with zero attached hydrogens (tertiary/aromatic N) is 2. The van der Waals surface area contributed by atoms with Crippen molar-refractivity contribution in [3.8, 4) is 10.6 Å². The summed E-state index contributed by atoms with van der Waals surface area (Å²) in [5, 5.41) is 13.0. The molecular formula is C12H13ClFN3S. The van der Waals surface area contributed by atoms with Gasteiger partial charge in [-0.15, -0.1) is 10.2 Å². The summed E-state index contributed by atoms with van der Waals surface area (Å²) in [4.78, 5) is 0. The summed E-state index contributed by atoms with van der Waals surface area (Å²) in [5.41, 5.74) is 0.593. The summed E-state index contributed by atoms with van der Waals surface area (Å²) in [5.74, 6) is -0.435. The monoisotopic (exact) mass is 285 g/mol. The maximum absolute atomic E-state index is 13.3. The highest BCUT2D eigenvalue weighted by Gasteiger charge is 2.12. The van der Waals surface area contributed by atoms with Crippen molar-refractivity contribution in [3.05, 3.63) is 34.0 Å². The van der Waals surface area contributed by atoms with Crippen molar-refractivity contribution in [1.82, 2.24) is 15.5 Å². The molecule has 0 saturated carbocycles. The fourth-order valence-electron chi connectivity index (χ4n) is 1.47. The first-order valence-electron chi connectivity index (χ1n) is 5.70. The highest BCUT2D eigenvalue weighted by Crippen LogP contribution is 2.31. The van der Waals surface area contributed by atoms with Crippen molar-refractivity contribution in [2.75, 3.05) is 6.54 Å². The molecule has 96 valence electrons. The van der Waals surface area contributed by atoms with Gasteiger partial charge in [0, 0.05) is 12.1 Å². The number of rotatable bonds is 5. The Morgan fingerprint density at radius 1 is 1.39 bits per heavy atom. The number of benzene rings is 1. The molecule has 1 heterocycles. The normalized spacial score (nSPS) is 10.8. The molecule has 0 unspecified atom stereocenters. The van der Waals surface area contributed by atoms with Crippen LogP contribution in [0.2, 0.25) is 5.02 Å². The van der Waals surface area contributed by atoms with Crippen LogP contribution in [-0.2, 0) is 6.54 Å². The Hall–Kier alpha value is -1.04. The van der Waals surface area contributed by atoms with E-state index in [4.69, 9.17) is 11.6 Å². The Labute approximate surface area is 114 Å². The zero-order valence-corrected chi connectivity index (χ0v) is 11.5. The molecule has 0 radical (unpaired) electrons. The van der Waals surface area contributed by atoms with Crippen LogP contribution in [0.5, 0.6) is 0 Å². The minimum absolute atomic E-state index is 0.0988. The first-order chi connectivity index (χ1) is 8.72. The van der Waals surface area contributed by atoms with E-state index in [0.29, 0.717) is 17.1 Å². The number of hydrogen-bond donors (Lipinski definition) is 1. The van der Waals surface area contributed by atoms with Crippen LogP contribution in [0.1, 0.15) is 18.4 Å². The van der Waals surface area contributed by atoms with Gasteiger partial charge in [0.25, 0.3) is 0 Å². The van der Waals surface area contributed by atoms with E-state index in [0.717, 1.165) is 18.0 Å². The van der Waals surface area contributed by atoms with Crippen LogP contribution in [-0.4, -0.2) is 16.7 Å². The van der Waals surface area contributed by atoms with Crippen LogP contribution in [0.25, 0.3) is 10.6 Å². The molecule has 2 rings (SSSR count). The molecular weight excluding hydrogens is 273 g/mol. The average Bonchev–Trinajstić information content (AvgIpc) is 2.82. The van der Waals surface area contributed by atoms with E-state index < -0.39 is 5.82 Å².